The molecular formula is C31H33N3O5. The van der Waals surface area contributed by atoms with Crippen LogP contribution in [-0.2, 0) is 27.8 Å². The first-order valence-electron chi connectivity index (χ1n) is 13.6. The number of dihydropyridines is 1. The van der Waals surface area contributed by atoms with Crippen molar-refractivity contribution in [2.75, 3.05) is 20.1 Å². The fraction of sp³-hybridized carbons (Fsp3) is 0.419. The number of nitrogens with zero attached hydrogens (tertiary/aromatic N) is 2. The molecule has 2 aromatic carbocycles. The lowest BCUT2D eigenvalue weighted by Gasteiger charge is -2.62. The van der Waals surface area contributed by atoms with Crippen LogP contribution in [0.4, 0.5) is 0 Å². The van der Waals surface area contributed by atoms with Crippen LogP contribution in [0, 0.1) is 0 Å². The summed E-state index contributed by atoms with van der Waals surface area (Å²) in [5.74, 6) is -0.665. The predicted octanol–water partition coefficient (Wildman–Crippen LogP) is 2.60. The number of likely N-dealkylation sites (N-methyl/N-ethyl adjacent to an activating group) is 1. The summed E-state index contributed by atoms with van der Waals surface area (Å²) in [7, 11) is 2.01. The summed E-state index contributed by atoms with van der Waals surface area (Å²) in [6.45, 7) is 1.10. The van der Waals surface area contributed by atoms with Gasteiger partial charge in [-0.15, -0.1) is 0 Å². The summed E-state index contributed by atoms with van der Waals surface area (Å²) >= 11 is 0. The Bertz CT molecular complexity index is 1400. The number of allylic oxidation sites excluding steroid dienone is 1. The van der Waals surface area contributed by atoms with Gasteiger partial charge in [-0.25, -0.2) is 4.99 Å². The normalized spacial score (nSPS) is 29.6. The molecule has 8 nitrogen and oxygen atoms in total. The standard InChI is InChI=1S/C31H33N3O5/c1-34-15-13-30-17-23(35)10-12-31(30,39)25(34)16-21-6-8-24(28(37)27(21)30)29(38)32-14-11-19-2-4-20(5-3-19)22-7-9-26(36)33-18-22/h2-9,18,22,25,37,39H,10-17H2,1H3,(H,32,38)/t22?,25-,30-,31-/m1/s1. The molecule has 0 spiro atoms. The van der Waals surface area contributed by atoms with E-state index in [1.54, 1.807) is 12.3 Å². The predicted molar refractivity (Wildman–Crippen MR) is 146 cm³/mol. The third-order valence-corrected chi connectivity index (χ3v) is 9.36. The van der Waals surface area contributed by atoms with Gasteiger partial charge in [0, 0.05) is 54.6 Å². The first-order valence-corrected chi connectivity index (χ1v) is 13.6. The SMILES string of the molecule is CN1CC[C@]23CC(=O)CC[C@@]2(O)[C@H]1Cc1ccc(C(=O)NCCc2ccc(C4C=CC(=O)N=C4)cc2)c(O)c13. The van der Waals surface area contributed by atoms with E-state index < -0.39 is 11.0 Å². The van der Waals surface area contributed by atoms with Gasteiger partial charge >= 0.3 is 0 Å². The van der Waals surface area contributed by atoms with E-state index in [-0.39, 0.29) is 47.3 Å². The van der Waals surface area contributed by atoms with E-state index in [4.69, 9.17) is 0 Å². The number of Topliss-reactive ketones (excluding diaryl/α,β-unsaturated/α-hetero) is 1. The first-order chi connectivity index (χ1) is 18.7. The molecule has 6 rings (SSSR count). The lowest BCUT2D eigenvalue weighted by Crippen LogP contribution is -2.72. The molecule has 2 aromatic rings. The zero-order valence-corrected chi connectivity index (χ0v) is 22.0. The van der Waals surface area contributed by atoms with Gasteiger partial charge in [0.2, 0.25) is 0 Å². The summed E-state index contributed by atoms with van der Waals surface area (Å²) < 4.78 is 0. The van der Waals surface area contributed by atoms with Crippen LogP contribution in [-0.4, -0.2) is 70.7 Å². The largest absolute Gasteiger partial charge is 0.507 e. The molecule has 202 valence electrons. The summed E-state index contributed by atoms with van der Waals surface area (Å²) in [6, 6.07) is 11.4. The summed E-state index contributed by atoms with van der Waals surface area (Å²) in [4.78, 5) is 43.1. The fourth-order valence-electron chi connectivity index (χ4n) is 7.26. The van der Waals surface area contributed by atoms with Gasteiger partial charge in [-0.2, -0.15) is 0 Å². The van der Waals surface area contributed by atoms with Crippen LogP contribution < -0.4 is 5.32 Å². The van der Waals surface area contributed by atoms with Crippen molar-refractivity contribution < 1.29 is 24.6 Å². The third kappa shape index (κ3) is 4.13. The number of hydrogen-bond donors (Lipinski definition) is 3. The third-order valence-electron chi connectivity index (χ3n) is 9.36. The second-order valence-corrected chi connectivity index (χ2v) is 11.4. The number of likely N-dealkylation sites (tertiary alicyclic amines) is 1. The van der Waals surface area contributed by atoms with E-state index in [1.165, 1.54) is 6.08 Å². The van der Waals surface area contributed by atoms with E-state index in [9.17, 15) is 24.6 Å². The molecule has 0 aromatic heterocycles. The molecule has 2 heterocycles. The van der Waals surface area contributed by atoms with Gasteiger partial charge in [0.1, 0.15) is 11.5 Å². The van der Waals surface area contributed by atoms with E-state index in [0.29, 0.717) is 44.2 Å². The quantitative estimate of drug-likeness (QED) is 0.550. The van der Waals surface area contributed by atoms with Gasteiger partial charge in [-0.05, 0) is 62.0 Å². The number of nitrogens with one attached hydrogen (secondary N) is 1. The van der Waals surface area contributed by atoms with E-state index in [0.717, 1.165) is 23.2 Å². The zero-order valence-electron chi connectivity index (χ0n) is 22.0. The number of piperidine rings is 1. The Morgan fingerprint density at radius 2 is 1.95 bits per heavy atom. The average molecular weight is 528 g/mol. The number of hydrogen-bond acceptors (Lipinski definition) is 6. The summed E-state index contributed by atoms with van der Waals surface area (Å²) in [5, 5.41) is 26.4. The lowest BCUT2D eigenvalue weighted by atomic mass is 9.49. The van der Waals surface area contributed by atoms with Gasteiger partial charge in [-0.3, -0.25) is 14.4 Å². The summed E-state index contributed by atoms with van der Waals surface area (Å²) in [5.41, 5.74) is 1.76. The number of amides is 2. The molecule has 4 atom stereocenters. The number of carbonyl (C=O) groups excluding carboxylic acids is 3. The smallest absolute Gasteiger partial charge is 0.269 e. The number of benzene rings is 2. The molecule has 3 N–H and O–H groups in total. The number of ketones is 1. The number of phenolic OH excluding ortho intramolecular Hbond substituents is 1. The van der Waals surface area contributed by atoms with Gasteiger partial charge in [-0.1, -0.05) is 36.4 Å². The zero-order chi connectivity index (χ0) is 27.4. The maximum atomic E-state index is 13.2. The van der Waals surface area contributed by atoms with Crippen LogP contribution in [0.25, 0.3) is 0 Å². The van der Waals surface area contributed by atoms with E-state index in [2.05, 4.69) is 15.2 Å². The highest BCUT2D eigenvalue weighted by Gasteiger charge is 2.65. The molecule has 2 amide bonds. The van der Waals surface area contributed by atoms with Crippen molar-refractivity contribution in [2.45, 2.75) is 61.5 Å². The van der Waals surface area contributed by atoms with Crippen molar-refractivity contribution in [1.29, 1.82) is 0 Å². The van der Waals surface area contributed by atoms with Crippen molar-refractivity contribution in [3.05, 3.63) is 76.4 Å². The molecule has 8 heteroatoms. The Hall–Kier alpha value is -3.62. The number of fused-ring (bicyclic) bond motifs is 1. The van der Waals surface area contributed by atoms with Gasteiger partial charge < -0.3 is 20.4 Å². The minimum Gasteiger partial charge on any atom is -0.507 e. The van der Waals surface area contributed by atoms with E-state index >= 15 is 0 Å². The molecule has 0 radical (unpaired) electrons. The molecule has 2 fully saturated rings. The Morgan fingerprint density at radius 3 is 2.69 bits per heavy atom. The van der Waals surface area contributed by atoms with Crippen LogP contribution >= 0.6 is 0 Å². The minimum absolute atomic E-state index is 0.0279. The highest BCUT2D eigenvalue weighted by molar-refractivity contribution is 5.99. The van der Waals surface area contributed by atoms with Crippen LogP contribution in [0.1, 0.15) is 64.2 Å². The second-order valence-electron chi connectivity index (χ2n) is 11.4. The number of aliphatic hydroxyl groups is 1. The maximum absolute atomic E-state index is 13.2. The highest BCUT2D eigenvalue weighted by Crippen LogP contribution is 2.59. The van der Waals surface area contributed by atoms with Crippen LogP contribution in [0.5, 0.6) is 5.75 Å². The Kier molecular flexibility index (Phi) is 6.27. The molecule has 1 unspecified atom stereocenters. The maximum Gasteiger partial charge on any atom is 0.269 e. The highest BCUT2D eigenvalue weighted by atomic mass is 16.3. The van der Waals surface area contributed by atoms with Gasteiger partial charge in [0.15, 0.2) is 0 Å². The number of phenols is 1. The van der Waals surface area contributed by atoms with Crippen molar-refractivity contribution in [1.82, 2.24) is 10.2 Å². The van der Waals surface area contributed by atoms with Crippen LogP contribution in [0.3, 0.4) is 0 Å². The van der Waals surface area contributed by atoms with Crippen molar-refractivity contribution >= 4 is 23.8 Å². The Labute approximate surface area is 227 Å². The molecule has 2 aliphatic carbocycles. The summed E-state index contributed by atoms with van der Waals surface area (Å²) in [6.07, 6.45) is 7.57. The molecule has 1 saturated heterocycles. The molecule has 1 saturated carbocycles. The topological polar surface area (TPSA) is 119 Å². The van der Waals surface area contributed by atoms with Crippen LogP contribution in [0.15, 0.2) is 53.5 Å². The Morgan fingerprint density at radius 1 is 1.15 bits per heavy atom. The van der Waals surface area contributed by atoms with Crippen LogP contribution in [0.2, 0.25) is 0 Å². The number of aliphatic imine (C=N–C) groups is 1. The number of carbonyl (C=O) groups is 3. The number of aromatic hydroxyl groups is 1. The second kappa shape index (κ2) is 9.54. The fourth-order valence-corrected chi connectivity index (χ4v) is 7.26. The molecule has 2 aliphatic heterocycles. The van der Waals surface area contributed by atoms with Gasteiger partial charge in [0.05, 0.1) is 11.2 Å². The number of rotatable bonds is 5. The minimum atomic E-state index is -1.12. The molecule has 39 heavy (non-hydrogen) atoms. The lowest BCUT2D eigenvalue weighted by molar-refractivity contribution is -0.169. The van der Waals surface area contributed by atoms with E-state index in [1.807, 2.05) is 43.5 Å². The van der Waals surface area contributed by atoms with Crippen molar-refractivity contribution in [2.24, 2.45) is 4.99 Å². The van der Waals surface area contributed by atoms with Crippen molar-refractivity contribution in [3.63, 3.8) is 0 Å². The molecule has 2 bridgehead atoms. The average Bonchev–Trinajstić information content (AvgIpc) is 2.92. The Balaban J connectivity index is 1.19. The molecule has 4 aliphatic rings. The van der Waals surface area contributed by atoms with Gasteiger partial charge in [0.25, 0.3) is 11.8 Å². The molecular weight excluding hydrogens is 494 g/mol. The first kappa shape index (κ1) is 25.6. The van der Waals surface area contributed by atoms with Crippen molar-refractivity contribution in [3.8, 4) is 5.75 Å². The monoisotopic (exact) mass is 527 g/mol.